The Hall–Kier alpha value is -1.36. The van der Waals surface area contributed by atoms with Crippen LogP contribution in [0.2, 0.25) is 0 Å². The van der Waals surface area contributed by atoms with E-state index in [-0.39, 0.29) is 0 Å². The fourth-order valence-electron chi connectivity index (χ4n) is 1.89. The maximum atomic E-state index is 5.40. The molecule has 0 amide bonds. The second kappa shape index (κ2) is 6.70. The quantitative estimate of drug-likeness (QED) is 0.756. The van der Waals surface area contributed by atoms with Gasteiger partial charge in [0.15, 0.2) is 5.82 Å². The van der Waals surface area contributed by atoms with Gasteiger partial charge in [-0.3, -0.25) is 0 Å². The zero-order valence-electron chi connectivity index (χ0n) is 12.1. The molecule has 2 rings (SSSR count). The van der Waals surface area contributed by atoms with Gasteiger partial charge in [0.05, 0.1) is 0 Å². The number of rotatable bonds is 8. The van der Waals surface area contributed by atoms with Gasteiger partial charge in [0.1, 0.15) is 18.2 Å². The van der Waals surface area contributed by atoms with Gasteiger partial charge in [0.25, 0.3) is 0 Å². The summed E-state index contributed by atoms with van der Waals surface area (Å²) >= 11 is 0. The first-order valence-electron chi connectivity index (χ1n) is 7.19. The Bertz CT molecular complexity index is 384. The van der Waals surface area contributed by atoms with E-state index in [1.54, 1.807) is 0 Å². The molecule has 1 saturated carbocycles. The molecule has 1 heterocycles. The minimum atomic E-state index is 0.465. The summed E-state index contributed by atoms with van der Waals surface area (Å²) in [6.07, 6.45) is 2.30. The van der Waals surface area contributed by atoms with Crippen molar-refractivity contribution in [2.45, 2.75) is 46.3 Å². The Kier molecular flexibility index (Phi) is 4.96. The fourth-order valence-corrected chi connectivity index (χ4v) is 1.89. The lowest BCUT2D eigenvalue weighted by molar-refractivity contribution is 0.128. The first-order valence-corrected chi connectivity index (χ1v) is 7.19. The van der Waals surface area contributed by atoms with Crippen molar-refractivity contribution in [2.24, 2.45) is 5.92 Å². The number of hydrogen-bond acceptors (Lipinski definition) is 5. The molecule has 19 heavy (non-hydrogen) atoms. The highest BCUT2D eigenvalue weighted by Gasteiger charge is 2.32. The molecule has 1 aliphatic rings. The van der Waals surface area contributed by atoms with E-state index >= 15 is 0 Å². The lowest BCUT2D eigenvalue weighted by atomic mass is 10.4. The van der Waals surface area contributed by atoms with E-state index in [1.165, 1.54) is 6.42 Å². The van der Waals surface area contributed by atoms with Crippen LogP contribution in [-0.4, -0.2) is 29.2 Å². The predicted molar refractivity (Wildman–Crippen MR) is 77.3 cm³/mol. The molecule has 1 aromatic rings. The Morgan fingerprint density at radius 1 is 1.32 bits per heavy atom. The maximum absolute atomic E-state index is 5.40. The van der Waals surface area contributed by atoms with E-state index < -0.39 is 0 Å². The summed E-state index contributed by atoms with van der Waals surface area (Å²) in [4.78, 5) is 8.97. The third kappa shape index (κ3) is 4.35. The van der Waals surface area contributed by atoms with Crippen LogP contribution in [0.3, 0.4) is 0 Å². The number of nitrogens with zero attached hydrogens (tertiary/aromatic N) is 2. The Morgan fingerprint density at radius 2 is 2.05 bits per heavy atom. The summed E-state index contributed by atoms with van der Waals surface area (Å²) in [5, 5.41) is 6.76. The average Bonchev–Trinajstić information content (AvgIpc) is 3.09. The number of nitrogens with one attached hydrogen (secondary N) is 2. The molecule has 1 fully saturated rings. The van der Waals surface area contributed by atoms with Crippen molar-refractivity contribution in [3.63, 3.8) is 0 Å². The van der Waals surface area contributed by atoms with Gasteiger partial charge in [-0.05, 0) is 25.7 Å². The minimum Gasteiger partial charge on any atom is -0.374 e. The van der Waals surface area contributed by atoms with Gasteiger partial charge < -0.3 is 15.4 Å². The second-order valence-corrected chi connectivity index (χ2v) is 5.08. The van der Waals surface area contributed by atoms with Crippen molar-refractivity contribution in [1.82, 2.24) is 9.97 Å². The van der Waals surface area contributed by atoms with E-state index in [0.29, 0.717) is 19.3 Å². The molecule has 106 valence electrons. The summed E-state index contributed by atoms with van der Waals surface area (Å²) in [7, 11) is 0. The van der Waals surface area contributed by atoms with Gasteiger partial charge in [-0.15, -0.1) is 0 Å². The summed E-state index contributed by atoms with van der Waals surface area (Å²) in [6, 6.07) is 2.55. The third-order valence-electron chi connectivity index (χ3n) is 3.21. The Labute approximate surface area is 115 Å². The largest absolute Gasteiger partial charge is 0.374 e. The molecule has 0 spiro atoms. The third-order valence-corrected chi connectivity index (χ3v) is 3.21. The van der Waals surface area contributed by atoms with E-state index in [0.717, 1.165) is 36.3 Å². The van der Waals surface area contributed by atoms with Crippen molar-refractivity contribution in [3.8, 4) is 0 Å². The van der Waals surface area contributed by atoms with Gasteiger partial charge in [0.2, 0.25) is 0 Å². The molecule has 5 heteroatoms. The number of ether oxygens (including phenoxy) is 1. The van der Waals surface area contributed by atoms with Crippen LogP contribution in [0.25, 0.3) is 0 Å². The molecule has 0 saturated heterocycles. The highest BCUT2D eigenvalue weighted by Crippen LogP contribution is 2.32. The van der Waals surface area contributed by atoms with E-state index in [2.05, 4.69) is 34.4 Å². The van der Waals surface area contributed by atoms with E-state index in [1.807, 2.05) is 13.0 Å². The predicted octanol–water partition coefficient (Wildman–Crippen LogP) is 2.66. The average molecular weight is 264 g/mol. The number of anilines is 2. The highest BCUT2D eigenvalue weighted by molar-refractivity contribution is 5.48. The second-order valence-electron chi connectivity index (χ2n) is 5.08. The maximum Gasteiger partial charge on any atom is 0.158 e. The molecule has 2 atom stereocenters. The van der Waals surface area contributed by atoms with Crippen molar-refractivity contribution in [2.75, 3.05) is 23.8 Å². The van der Waals surface area contributed by atoms with Crippen molar-refractivity contribution >= 4 is 11.6 Å². The number of hydrogen-bond donors (Lipinski definition) is 2. The molecule has 0 aliphatic heterocycles. The highest BCUT2D eigenvalue weighted by atomic mass is 16.5. The molecule has 0 aromatic carbocycles. The Balaban J connectivity index is 2.05. The van der Waals surface area contributed by atoms with Crippen LogP contribution in [0.5, 0.6) is 0 Å². The smallest absolute Gasteiger partial charge is 0.158 e. The van der Waals surface area contributed by atoms with Gasteiger partial charge in [-0.1, -0.05) is 13.8 Å². The van der Waals surface area contributed by atoms with Crippen molar-refractivity contribution in [3.05, 3.63) is 11.9 Å². The lowest BCUT2D eigenvalue weighted by Gasteiger charge is -2.11. The Morgan fingerprint density at radius 3 is 2.68 bits per heavy atom. The van der Waals surface area contributed by atoms with Crippen molar-refractivity contribution in [1.29, 1.82) is 0 Å². The molecule has 5 nitrogen and oxygen atoms in total. The lowest BCUT2D eigenvalue weighted by Crippen LogP contribution is -2.11. The summed E-state index contributed by atoms with van der Waals surface area (Å²) in [5.74, 6) is 3.26. The topological polar surface area (TPSA) is 59.1 Å². The van der Waals surface area contributed by atoms with Gasteiger partial charge in [0, 0.05) is 25.3 Å². The number of aromatic nitrogens is 2. The van der Waals surface area contributed by atoms with Crippen LogP contribution < -0.4 is 10.6 Å². The zero-order valence-corrected chi connectivity index (χ0v) is 12.1. The SMILES string of the molecule is CCCNc1cc(NC2CC2C)nc(COCC)n1. The molecular formula is C14H24N4O. The molecule has 0 radical (unpaired) electrons. The minimum absolute atomic E-state index is 0.465. The van der Waals surface area contributed by atoms with Crippen LogP contribution >= 0.6 is 0 Å². The monoisotopic (exact) mass is 264 g/mol. The molecule has 1 aromatic heterocycles. The molecule has 1 aliphatic carbocycles. The fraction of sp³-hybridized carbons (Fsp3) is 0.714. The summed E-state index contributed by atoms with van der Waals surface area (Å²) in [6.45, 7) is 8.43. The van der Waals surface area contributed by atoms with E-state index in [9.17, 15) is 0 Å². The van der Waals surface area contributed by atoms with E-state index in [4.69, 9.17) is 4.74 Å². The zero-order chi connectivity index (χ0) is 13.7. The summed E-state index contributed by atoms with van der Waals surface area (Å²) < 4.78 is 5.40. The van der Waals surface area contributed by atoms with Gasteiger partial charge in [-0.2, -0.15) is 0 Å². The first-order chi connectivity index (χ1) is 9.22. The molecule has 2 N–H and O–H groups in total. The van der Waals surface area contributed by atoms with Gasteiger partial charge >= 0.3 is 0 Å². The normalized spacial score (nSPS) is 21.2. The molecular weight excluding hydrogens is 240 g/mol. The van der Waals surface area contributed by atoms with Crippen LogP contribution in [0.1, 0.15) is 39.4 Å². The van der Waals surface area contributed by atoms with Crippen LogP contribution in [0, 0.1) is 5.92 Å². The molecule has 2 unspecified atom stereocenters. The van der Waals surface area contributed by atoms with Crippen LogP contribution in [0.4, 0.5) is 11.6 Å². The van der Waals surface area contributed by atoms with Crippen LogP contribution in [0.15, 0.2) is 6.07 Å². The summed E-state index contributed by atoms with van der Waals surface area (Å²) in [5.41, 5.74) is 0. The van der Waals surface area contributed by atoms with Gasteiger partial charge in [-0.25, -0.2) is 9.97 Å². The van der Waals surface area contributed by atoms with Crippen molar-refractivity contribution < 1.29 is 4.74 Å². The molecule has 0 bridgehead atoms. The standard InChI is InChI=1S/C14H24N4O/c1-4-6-15-12-8-13(16-11-7-10(11)3)18-14(17-12)9-19-5-2/h8,10-11H,4-7,9H2,1-3H3,(H2,15,16,17,18). The first kappa shape index (κ1) is 14.1. The van der Waals surface area contributed by atoms with Crippen LogP contribution in [-0.2, 0) is 11.3 Å².